The summed E-state index contributed by atoms with van der Waals surface area (Å²) in [5.74, 6) is 0. The molecule has 2 aliphatic rings. The molecule has 12 heavy (non-hydrogen) atoms. The average molecular weight is 178 g/mol. The Morgan fingerprint density at radius 3 is 3.00 bits per heavy atom. The number of nitrogens with zero attached hydrogens (tertiary/aromatic N) is 1. The van der Waals surface area contributed by atoms with Gasteiger partial charge in [-0.1, -0.05) is 18.3 Å². The number of likely N-dealkylation sites (tertiary alicyclic amines) is 1. The summed E-state index contributed by atoms with van der Waals surface area (Å²) in [7, 11) is 0. The maximum atomic E-state index is 5.15. The third-order valence-electron chi connectivity index (χ3n) is 2.20. The number of rotatable bonds is 1. The molecule has 1 aliphatic carbocycles. The molecule has 1 nitrogen and oxygen atoms in total. The van der Waals surface area contributed by atoms with Crippen molar-refractivity contribution in [3.05, 3.63) is 30.5 Å². The third kappa shape index (κ3) is 1.58. The van der Waals surface area contributed by atoms with Crippen molar-refractivity contribution in [2.24, 2.45) is 0 Å². The van der Waals surface area contributed by atoms with Crippen molar-refractivity contribution in [3.8, 4) is 0 Å². The molecule has 2 rings (SSSR count). The molecule has 0 unspecified atom stereocenters. The predicted molar refractivity (Wildman–Crippen MR) is 54.7 cm³/mol. The molecule has 2 heteroatoms. The Bertz CT molecular complexity index is 247. The Morgan fingerprint density at radius 2 is 2.33 bits per heavy atom. The fraction of sp³-hybridized carbons (Fsp3) is 0.400. The van der Waals surface area contributed by atoms with Crippen LogP contribution in [0, 0.1) is 6.54 Å². The van der Waals surface area contributed by atoms with Crippen LogP contribution in [0.4, 0.5) is 0 Å². The Labute approximate surface area is 78.8 Å². The Balaban J connectivity index is 2.11. The topological polar surface area (TPSA) is 3.24 Å². The minimum Gasteiger partial charge on any atom is -0.366 e. The highest BCUT2D eigenvalue weighted by molar-refractivity contribution is 7.80. The monoisotopic (exact) mass is 178 g/mol. The zero-order valence-electron chi connectivity index (χ0n) is 6.99. The van der Waals surface area contributed by atoms with E-state index < -0.39 is 0 Å². The molecule has 1 fully saturated rings. The molecular weight excluding hydrogens is 166 g/mol. The van der Waals surface area contributed by atoms with Gasteiger partial charge in [-0.25, -0.2) is 0 Å². The number of hydrogen-bond donors (Lipinski definition) is 0. The summed E-state index contributed by atoms with van der Waals surface area (Å²) < 4.78 is 0. The number of allylic oxidation sites excluding steroid dienone is 3. The van der Waals surface area contributed by atoms with Crippen molar-refractivity contribution in [1.82, 2.24) is 4.90 Å². The van der Waals surface area contributed by atoms with Crippen LogP contribution in [0.25, 0.3) is 0 Å². The van der Waals surface area contributed by atoms with E-state index in [1.165, 1.54) is 18.5 Å². The van der Waals surface area contributed by atoms with E-state index in [2.05, 4.69) is 29.7 Å². The van der Waals surface area contributed by atoms with Crippen LogP contribution in [0.1, 0.15) is 19.3 Å². The van der Waals surface area contributed by atoms with Crippen molar-refractivity contribution in [2.45, 2.75) is 19.3 Å². The molecule has 1 heterocycles. The van der Waals surface area contributed by atoms with Crippen molar-refractivity contribution < 1.29 is 0 Å². The summed E-state index contributed by atoms with van der Waals surface area (Å²) in [5, 5.41) is 0. The van der Waals surface area contributed by atoms with Gasteiger partial charge in [0.2, 0.25) is 0 Å². The molecule has 63 valence electrons. The van der Waals surface area contributed by atoms with Crippen molar-refractivity contribution in [3.63, 3.8) is 0 Å². The van der Waals surface area contributed by atoms with Crippen molar-refractivity contribution in [1.29, 1.82) is 0 Å². The molecule has 0 aromatic carbocycles. The first-order valence-corrected chi connectivity index (χ1v) is 4.78. The molecule has 0 bridgehead atoms. The van der Waals surface area contributed by atoms with Gasteiger partial charge in [0, 0.05) is 30.1 Å². The molecule has 0 N–H and O–H groups in total. The zero-order chi connectivity index (χ0) is 8.39. The lowest BCUT2D eigenvalue weighted by Gasteiger charge is -2.20. The third-order valence-corrected chi connectivity index (χ3v) is 2.49. The standard InChI is InChI=1S/C10H12NS/c12-10-5-3-4-9(8-10)11-6-1-2-7-11/h3-4,6,8H,1-2,5,7H2. The van der Waals surface area contributed by atoms with E-state index in [1.54, 1.807) is 0 Å². The van der Waals surface area contributed by atoms with Crippen LogP contribution in [-0.2, 0) is 0 Å². The first-order chi connectivity index (χ1) is 5.86. The van der Waals surface area contributed by atoms with E-state index in [4.69, 9.17) is 12.2 Å². The van der Waals surface area contributed by atoms with Gasteiger partial charge >= 0.3 is 0 Å². The van der Waals surface area contributed by atoms with Crippen LogP contribution in [0.15, 0.2) is 23.9 Å². The fourth-order valence-corrected chi connectivity index (χ4v) is 1.80. The summed E-state index contributed by atoms with van der Waals surface area (Å²) in [4.78, 5) is 3.34. The summed E-state index contributed by atoms with van der Waals surface area (Å²) in [6.45, 7) is 3.41. The van der Waals surface area contributed by atoms with Crippen LogP contribution < -0.4 is 0 Å². The lowest BCUT2D eigenvalue weighted by molar-refractivity contribution is 0.497. The fourth-order valence-electron chi connectivity index (χ4n) is 1.58. The van der Waals surface area contributed by atoms with Gasteiger partial charge in [-0.2, -0.15) is 0 Å². The van der Waals surface area contributed by atoms with Crippen LogP contribution in [0.3, 0.4) is 0 Å². The van der Waals surface area contributed by atoms with E-state index in [-0.39, 0.29) is 0 Å². The molecule has 0 amide bonds. The second-order valence-electron chi connectivity index (χ2n) is 3.16. The van der Waals surface area contributed by atoms with E-state index in [0.717, 1.165) is 17.8 Å². The Kier molecular flexibility index (Phi) is 2.26. The van der Waals surface area contributed by atoms with Gasteiger partial charge in [-0.15, -0.1) is 0 Å². The number of hydrogen-bond acceptors (Lipinski definition) is 2. The smallest absolute Gasteiger partial charge is 0.0494 e. The van der Waals surface area contributed by atoms with Gasteiger partial charge in [0.05, 0.1) is 0 Å². The second-order valence-corrected chi connectivity index (χ2v) is 3.68. The van der Waals surface area contributed by atoms with Gasteiger partial charge in [0.15, 0.2) is 0 Å². The molecule has 0 aromatic rings. The van der Waals surface area contributed by atoms with E-state index in [9.17, 15) is 0 Å². The minimum absolute atomic E-state index is 0.937. The van der Waals surface area contributed by atoms with Crippen LogP contribution in [-0.4, -0.2) is 16.3 Å². The molecule has 0 saturated carbocycles. The molecular formula is C10H12NS. The van der Waals surface area contributed by atoms with E-state index in [0.29, 0.717) is 0 Å². The predicted octanol–water partition coefficient (Wildman–Crippen LogP) is 2.46. The molecule has 0 spiro atoms. The normalized spacial score (nSPS) is 23.2. The van der Waals surface area contributed by atoms with E-state index in [1.807, 2.05) is 0 Å². The van der Waals surface area contributed by atoms with Crippen molar-refractivity contribution in [2.75, 3.05) is 6.54 Å². The summed E-state index contributed by atoms with van der Waals surface area (Å²) in [6, 6.07) is 0. The van der Waals surface area contributed by atoms with Gasteiger partial charge < -0.3 is 4.90 Å². The molecule has 1 aliphatic heterocycles. The van der Waals surface area contributed by atoms with E-state index >= 15 is 0 Å². The molecule has 1 saturated heterocycles. The number of thiocarbonyl (C=S) groups is 1. The van der Waals surface area contributed by atoms with Gasteiger partial charge in [-0.05, 0) is 25.0 Å². The van der Waals surface area contributed by atoms with Crippen LogP contribution in [0.5, 0.6) is 0 Å². The zero-order valence-corrected chi connectivity index (χ0v) is 7.81. The maximum absolute atomic E-state index is 5.15. The maximum Gasteiger partial charge on any atom is 0.0494 e. The summed E-state index contributed by atoms with van der Waals surface area (Å²) >= 11 is 5.15. The second kappa shape index (κ2) is 3.40. The largest absolute Gasteiger partial charge is 0.366 e. The molecule has 1 radical (unpaired) electrons. The lowest BCUT2D eigenvalue weighted by atomic mass is 10.1. The first kappa shape index (κ1) is 7.99. The Morgan fingerprint density at radius 1 is 1.42 bits per heavy atom. The average Bonchev–Trinajstić information content (AvgIpc) is 2.56. The van der Waals surface area contributed by atoms with Crippen molar-refractivity contribution >= 4 is 17.1 Å². The summed E-state index contributed by atoms with van der Waals surface area (Å²) in [5.41, 5.74) is 1.27. The summed E-state index contributed by atoms with van der Waals surface area (Å²) in [6.07, 6.45) is 9.83. The lowest BCUT2D eigenvalue weighted by Crippen LogP contribution is -2.16. The van der Waals surface area contributed by atoms with Crippen LogP contribution >= 0.6 is 12.2 Å². The highest BCUT2D eigenvalue weighted by Crippen LogP contribution is 2.21. The van der Waals surface area contributed by atoms with Gasteiger partial charge in [-0.3, -0.25) is 0 Å². The van der Waals surface area contributed by atoms with Crippen LogP contribution in [0.2, 0.25) is 0 Å². The highest BCUT2D eigenvalue weighted by atomic mass is 32.1. The first-order valence-electron chi connectivity index (χ1n) is 4.37. The molecule has 0 atom stereocenters. The Hall–Kier alpha value is -0.630. The van der Waals surface area contributed by atoms with Gasteiger partial charge in [0.25, 0.3) is 0 Å². The SMILES string of the molecule is S=C1C=C(N2[CH]CCC2)C=CC1. The van der Waals surface area contributed by atoms with Gasteiger partial charge in [0.1, 0.15) is 0 Å². The highest BCUT2D eigenvalue weighted by Gasteiger charge is 2.14. The molecule has 0 aromatic heterocycles. The quantitative estimate of drug-likeness (QED) is 0.567. The minimum atomic E-state index is 0.937.